The van der Waals surface area contributed by atoms with Gasteiger partial charge in [-0.2, -0.15) is 5.26 Å². The third kappa shape index (κ3) is 2.75. The molecule has 0 amide bonds. The minimum absolute atomic E-state index is 0.180. The molecule has 5 unspecified atom stereocenters. The smallest absolute Gasteiger partial charge is 0.229 e. The predicted octanol–water partition coefficient (Wildman–Crippen LogP) is -1.26. The SMILES string of the molecule is N#Cc1ccccc1OC1OC(CO)C(O)C(O)C1O. The summed E-state index contributed by atoms with van der Waals surface area (Å²) in [5.41, 5.74) is 0.240. The lowest BCUT2D eigenvalue weighted by molar-refractivity contribution is -0.277. The van der Waals surface area contributed by atoms with E-state index in [4.69, 9.17) is 19.8 Å². The summed E-state index contributed by atoms with van der Waals surface area (Å²) in [7, 11) is 0. The molecule has 1 saturated heterocycles. The Bertz CT molecular complexity index is 500. The summed E-state index contributed by atoms with van der Waals surface area (Å²) in [6.07, 6.45) is -6.80. The van der Waals surface area contributed by atoms with E-state index in [-0.39, 0.29) is 11.3 Å². The van der Waals surface area contributed by atoms with Gasteiger partial charge in [0, 0.05) is 0 Å². The zero-order valence-electron chi connectivity index (χ0n) is 10.5. The maximum atomic E-state index is 9.82. The van der Waals surface area contributed by atoms with E-state index in [1.807, 2.05) is 6.07 Å². The van der Waals surface area contributed by atoms with E-state index in [2.05, 4.69) is 0 Å². The Morgan fingerprint density at radius 2 is 1.85 bits per heavy atom. The van der Waals surface area contributed by atoms with Crippen molar-refractivity contribution in [2.24, 2.45) is 0 Å². The molecule has 1 aliphatic rings. The number of aliphatic hydroxyl groups excluding tert-OH is 4. The van der Waals surface area contributed by atoms with Crippen LogP contribution < -0.4 is 4.74 Å². The Morgan fingerprint density at radius 1 is 1.15 bits per heavy atom. The first kappa shape index (κ1) is 14.7. The highest BCUT2D eigenvalue weighted by Crippen LogP contribution is 2.25. The molecule has 1 heterocycles. The lowest BCUT2D eigenvalue weighted by Crippen LogP contribution is -2.60. The van der Waals surface area contributed by atoms with Crippen molar-refractivity contribution in [2.45, 2.75) is 30.7 Å². The number of nitrogens with zero attached hydrogens (tertiary/aromatic N) is 1. The van der Waals surface area contributed by atoms with Gasteiger partial charge in [-0.05, 0) is 12.1 Å². The molecule has 0 aromatic heterocycles. The number of para-hydroxylation sites is 1. The van der Waals surface area contributed by atoms with E-state index in [0.717, 1.165) is 0 Å². The van der Waals surface area contributed by atoms with E-state index in [1.54, 1.807) is 12.1 Å². The first-order valence-electron chi connectivity index (χ1n) is 6.04. The third-order valence-corrected chi connectivity index (χ3v) is 3.10. The monoisotopic (exact) mass is 281 g/mol. The Morgan fingerprint density at radius 3 is 2.50 bits per heavy atom. The van der Waals surface area contributed by atoms with Gasteiger partial charge in [-0.1, -0.05) is 12.1 Å². The van der Waals surface area contributed by atoms with E-state index in [9.17, 15) is 15.3 Å². The molecule has 0 aliphatic carbocycles. The van der Waals surface area contributed by atoms with Crippen molar-refractivity contribution in [2.75, 3.05) is 6.61 Å². The summed E-state index contributed by atoms with van der Waals surface area (Å²) in [5, 5.41) is 47.1. The first-order chi connectivity index (χ1) is 9.58. The number of benzene rings is 1. The molecule has 4 N–H and O–H groups in total. The van der Waals surface area contributed by atoms with E-state index < -0.39 is 37.3 Å². The molecule has 0 saturated carbocycles. The van der Waals surface area contributed by atoms with Crippen molar-refractivity contribution in [3.63, 3.8) is 0 Å². The molecule has 20 heavy (non-hydrogen) atoms. The summed E-state index contributed by atoms with van der Waals surface area (Å²) in [6, 6.07) is 8.25. The molecule has 1 fully saturated rings. The van der Waals surface area contributed by atoms with Gasteiger partial charge in [-0.15, -0.1) is 0 Å². The largest absolute Gasteiger partial charge is 0.461 e. The standard InChI is InChI=1S/C13H15NO6/c14-5-7-3-1-2-4-8(7)19-13-12(18)11(17)10(16)9(6-15)20-13/h1-4,9-13,15-18H,6H2. The van der Waals surface area contributed by atoms with Crippen LogP contribution in [0.15, 0.2) is 24.3 Å². The number of hydrogen-bond acceptors (Lipinski definition) is 7. The fourth-order valence-corrected chi connectivity index (χ4v) is 1.95. The van der Waals surface area contributed by atoms with Crippen LogP contribution in [0.5, 0.6) is 5.75 Å². The van der Waals surface area contributed by atoms with Gasteiger partial charge in [0.25, 0.3) is 0 Å². The van der Waals surface area contributed by atoms with Crippen molar-refractivity contribution in [3.8, 4) is 11.8 Å². The van der Waals surface area contributed by atoms with Gasteiger partial charge < -0.3 is 29.9 Å². The van der Waals surface area contributed by atoms with Gasteiger partial charge in [0.1, 0.15) is 36.2 Å². The van der Waals surface area contributed by atoms with Gasteiger partial charge in [0.15, 0.2) is 0 Å². The summed E-state index contributed by atoms with van der Waals surface area (Å²) < 4.78 is 10.6. The number of hydrogen-bond donors (Lipinski definition) is 4. The van der Waals surface area contributed by atoms with Crippen molar-refractivity contribution in [3.05, 3.63) is 29.8 Å². The molecule has 1 aromatic rings. The van der Waals surface area contributed by atoms with Crippen LogP contribution in [0.2, 0.25) is 0 Å². The number of aliphatic hydroxyl groups is 4. The predicted molar refractivity (Wildman–Crippen MR) is 65.6 cm³/mol. The lowest BCUT2D eigenvalue weighted by Gasteiger charge is -2.39. The van der Waals surface area contributed by atoms with Crippen molar-refractivity contribution in [1.29, 1.82) is 5.26 Å². The average Bonchev–Trinajstić information content (AvgIpc) is 2.48. The molecule has 2 rings (SSSR count). The zero-order valence-corrected chi connectivity index (χ0v) is 10.5. The third-order valence-electron chi connectivity index (χ3n) is 3.10. The van der Waals surface area contributed by atoms with Crippen molar-refractivity contribution >= 4 is 0 Å². The minimum atomic E-state index is -1.51. The van der Waals surface area contributed by atoms with Gasteiger partial charge >= 0.3 is 0 Å². The van der Waals surface area contributed by atoms with Crippen molar-refractivity contribution in [1.82, 2.24) is 0 Å². The second-order valence-corrected chi connectivity index (χ2v) is 4.42. The Labute approximate surface area is 115 Å². The molecule has 0 bridgehead atoms. The van der Waals surface area contributed by atoms with E-state index >= 15 is 0 Å². The fraction of sp³-hybridized carbons (Fsp3) is 0.462. The zero-order chi connectivity index (χ0) is 14.7. The molecular weight excluding hydrogens is 266 g/mol. The normalized spacial score (nSPS) is 33.5. The summed E-state index contributed by atoms with van der Waals surface area (Å²) in [6.45, 7) is -0.537. The Balaban J connectivity index is 2.18. The summed E-state index contributed by atoms with van der Waals surface area (Å²) in [4.78, 5) is 0. The second kappa shape index (κ2) is 6.17. The van der Waals surface area contributed by atoms with Crippen LogP contribution in [0.4, 0.5) is 0 Å². The Hall–Kier alpha value is -1.69. The van der Waals surface area contributed by atoms with Gasteiger partial charge in [0.2, 0.25) is 6.29 Å². The topological polar surface area (TPSA) is 123 Å². The summed E-state index contributed by atoms with van der Waals surface area (Å²) >= 11 is 0. The van der Waals surface area contributed by atoms with Gasteiger partial charge in [-0.25, -0.2) is 0 Å². The van der Waals surface area contributed by atoms with Crippen LogP contribution in [0, 0.1) is 11.3 Å². The first-order valence-corrected chi connectivity index (χ1v) is 6.04. The highest BCUT2D eigenvalue weighted by Gasteiger charge is 2.44. The number of rotatable bonds is 3. The molecular formula is C13H15NO6. The van der Waals surface area contributed by atoms with Gasteiger partial charge in [0.05, 0.1) is 12.2 Å². The molecule has 7 nitrogen and oxygen atoms in total. The maximum absolute atomic E-state index is 9.82. The summed E-state index contributed by atoms with van der Waals surface area (Å²) in [5.74, 6) is 0.180. The highest BCUT2D eigenvalue weighted by atomic mass is 16.7. The number of ether oxygens (including phenoxy) is 2. The average molecular weight is 281 g/mol. The van der Waals surface area contributed by atoms with Crippen LogP contribution in [0.3, 0.4) is 0 Å². The molecule has 0 spiro atoms. The van der Waals surface area contributed by atoms with Crippen LogP contribution in [-0.2, 0) is 4.74 Å². The quantitative estimate of drug-likeness (QED) is 0.545. The van der Waals surface area contributed by atoms with E-state index in [1.165, 1.54) is 12.1 Å². The Kier molecular flexibility index (Phi) is 4.54. The van der Waals surface area contributed by atoms with Crippen LogP contribution in [-0.4, -0.2) is 57.7 Å². The molecule has 1 aliphatic heterocycles. The molecule has 5 atom stereocenters. The highest BCUT2D eigenvalue weighted by molar-refractivity contribution is 5.42. The van der Waals surface area contributed by atoms with E-state index in [0.29, 0.717) is 0 Å². The second-order valence-electron chi connectivity index (χ2n) is 4.42. The van der Waals surface area contributed by atoms with Crippen LogP contribution >= 0.6 is 0 Å². The molecule has 0 radical (unpaired) electrons. The molecule has 1 aromatic carbocycles. The lowest BCUT2D eigenvalue weighted by atomic mass is 9.99. The fourth-order valence-electron chi connectivity index (χ4n) is 1.95. The van der Waals surface area contributed by atoms with Gasteiger partial charge in [-0.3, -0.25) is 0 Å². The number of nitriles is 1. The maximum Gasteiger partial charge on any atom is 0.229 e. The van der Waals surface area contributed by atoms with Crippen LogP contribution in [0.1, 0.15) is 5.56 Å². The molecule has 108 valence electrons. The van der Waals surface area contributed by atoms with Crippen molar-refractivity contribution < 1.29 is 29.9 Å². The molecule has 7 heteroatoms. The minimum Gasteiger partial charge on any atom is -0.461 e. The van der Waals surface area contributed by atoms with Crippen LogP contribution in [0.25, 0.3) is 0 Å².